The van der Waals surface area contributed by atoms with Gasteiger partial charge < -0.3 is 0 Å². The van der Waals surface area contributed by atoms with Gasteiger partial charge in [-0.1, -0.05) is 35.3 Å². The zero-order chi connectivity index (χ0) is 15.5. The van der Waals surface area contributed by atoms with Gasteiger partial charge >= 0.3 is 0 Å². The van der Waals surface area contributed by atoms with Crippen LogP contribution in [0.3, 0.4) is 0 Å². The van der Waals surface area contributed by atoms with Crippen molar-refractivity contribution in [2.45, 2.75) is 29.4 Å². The second-order valence-corrected chi connectivity index (χ2v) is 7.71. The summed E-state index contributed by atoms with van der Waals surface area (Å²) in [6, 6.07) is 15.5. The second-order valence-electron chi connectivity index (χ2n) is 5.56. The van der Waals surface area contributed by atoms with E-state index in [2.05, 4.69) is 0 Å². The fourth-order valence-electron chi connectivity index (χ4n) is 2.34. The first-order chi connectivity index (χ1) is 10.6. The van der Waals surface area contributed by atoms with E-state index in [9.17, 15) is 4.79 Å². The molecule has 114 valence electrons. The minimum absolute atomic E-state index is 0.117. The van der Waals surface area contributed by atoms with Gasteiger partial charge in [-0.15, -0.1) is 11.8 Å². The third-order valence-electron chi connectivity index (χ3n) is 3.75. The van der Waals surface area contributed by atoms with E-state index in [0.29, 0.717) is 23.1 Å². The van der Waals surface area contributed by atoms with Gasteiger partial charge in [0.25, 0.3) is 0 Å². The smallest absolute Gasteiger partial charge is 0.137 e. The average molecular weight is 351 g/mol. The molecule has 2 aromatic carbocycles. The van der Waals surface area contributed by atoms with Crippen molar-refractivity contribution in [1.82, 2.24) is 0 Å². The molecule has 2 aromatic rings. The van der Waals surface area contributed by atoms with Crippen molar-refractivity contribution in [2.75, 3.05) is 0 Å². The van der Waals surface area contributed by atoms with Crippen molar-refractivity contribution in [3.05, 3.63) is 64.1 Å². The molecule has 0 spiro atoms. The van der Waals surface area contributed by atoms with E-state index in [0.717, 1.165) is 28.3 Å². The molecule has 0 bridgehead atoms. The van der Waals surface area contributed by atoms with E-state index in [-0.39, 0.29) is 5.25 Å². The summed E-state index contributed by atoms with van der Waals surface area (Å²) >= 11 is 13.6. The van der Waals surface area contributed by atoms with Crippen molar-refractivity contribution in [1.29, 1.82) is 0 Å². The van der Waals surface area contributed by atoms with E-state index in [1.807, 2.05) is 48.5 Å². The predicted octanol–water partition coefficient (Wildman–Crippen LogP) is 6.20. The normalized spacial score (nSPS) is 15.5. The quantitative estimate of drug-likeness (QED) is 0.577. The number of ketones is 1. The highest BCUT2D eigenvalue weighted by molar-refractivity contribution is 7.99. The highest BCUT2D eigenvalue weighted by Crippen LogP contribution is 2.41. The maximum atomic E-state index is 12.2. The van der Waals surface area contributed by atoms with Crippen LogP contribution in [0.1, 0.15) is 30.1 Å². The third kappa shape index (κ3) is 4.28. The fraction of sp³-hybridized carbons (Fsp3) is 0.278. The Kier molecular flexibility index (Phi) is 5.12. The highest BCUT2D eigenvalue weighted by Gasteiger charge is 2.31. The Balaban J connectivity index is 1.79. The second kappa shape index (κ2) is 7.08. The number of carbonyl (C=O) groups is 1. The Morgan fingerprint density at radius 1 is 1.00 bits per heavy atom. The molecule has 1 saturated carbocycles. The first kappa shape index (κ1) is 15.9. The zero-order valence-corrected chi connectivity index (χ0v) is 14.3. The van der Waals surface area contributed by atoms with Crippen LogP contribution in [0.5, 0.6) is 0 Å². The standard InChI is InChI=1S/C18H16Cl2OS/c19-14-5-3-13(4-6-14)18(11-17(21)12-1-2-12)22-16-9-7-15(20)8-10-16/h3-10,12,18H,1-2,11H2. The van der Waals surface area contributed by atoms with Gasteiger partial charge in [-0.25, -0.2) is 0 Å². The first-order valence-electron chi connectivity index (χ1n) is 7.32. The molecule has 4 heteroatoms. The molecule has 1 aliphatic carbocycles. The number of halogens is 2. The lowest BCUT2D eigenvalue weighted by atomic mass is 10.0. The molecule has 0 saturated heterocycles. The molecule has 0 heterocycles. The number of Topliss-reactive ketones (excluding diaryl/α,β-unsaturated/α-hetero) is 1. The van der Waals surface area contributed by atoms with E-state index < -0.39 is 0 Å². The summed E-state index contributed by atoms with van der Waals surface area (Å²) in [6.07, 6.45) is 2.68. The monoisotopic (exact) mass is 350 g/mol. The van der Waals surface area contributed by atoms with Gasteiger partial charge in [-0.2, -0.15) is 0 Å². The molecule has 1 nitrogen and oxygen atoms in total. The molecule has 0 aliphatic heterocycles. The average Bonchev–Trinajstić information content (AvgIpc) is 3.34. The Morgan fingerprint density at radius 3 is 2.09 bits per heavy atom. The van der Waals surface area contributed by atoms with Crippen LogP contribution in [0, 0.1) is 5.92 Å². The van der Waals surface area contributed by atoms with Crippen LogP contribution in [0.2, 0.25) is 10.0 Å². The first-order valence-corrected chi connectivity index (χ1v) is 8.96. The summed E-state index contributed by atoms with van der Waals surface area (Å²) in [4.78, 5) is 13.4. The SMILES string of the molecule is O=C(CC(Sc1ccc(Cl)cc1)c1ccc(Cl)cc1)C1CC1. The van der Waals surface area contributed by atoms with Crippen LogP contribution in [-0.2, 0) is 4.79 Å². The predicted molar refractivity (Wildman–Crippen MR) is 93.9 cm³/mol. The van der Waals surface area contributed by atoms with E-state index >= 15 is 0 Å². The number of carbonyl (C=O) groups excluding carboxylic acids is 1. The van der Waals surface area contributed by atoms with Crippen LogP contribution < -0.4 is 0 Å². The lowest BCUT2D eigenvalue weighted by Gasteiger charge is -2.17. The molecule has 1 aliphatic rings. The summed E-state index contributed by atoms with van der Waals surface area (Å²) in [7, 11) is 0. The number of thioether (sulfide) groups is 1. The molecule has 1 atom stereocenters. The molecule has 0 N–H and O–H groups in total. The topological polar surface area (TPSA) is 17.1 Å². The Labute approximate surface area is 145 Å². The van der Waals surface area contributed by atoms with E-state index in [4.69, 9.17) is 23.2 Å². The minimum atomic E-state index is 0.117. The van der Waals surface area contributed by atoms with Crippen LogP contribution in [0.15, 0.2) is 53.4 Å². The van der Waals surface area contributed by atoms with E-state index in [1.54, 1.807) is 11.8 Å². The molecule has 0 radical (unpaired) electrons. The Morgan fingerprint density at radius 2 is 1.55 bits per heavy atom. The molecule has 0 aromatic heterocycles. The van der Waals surface area contributed by atoms with Gasteiger partial charge in [0.1, 0.15) is 5.78 Å². The molecule has 0 amide bonds. The van der Waals surface area contributed by atoms with Gasteiger partial charge in [-0.3, -0.25) is 4.79 Å². The molecular weight excluding hydrogens is 335 g/mol. The lowest BCUT2D eigenvalue weighted by Crippen LogP contribution is -2.06. The number of benzene rings is 2. The lowest BCUT2D eigenvalue weighted by molar-refractivity contribution is -0.120. The van der Waals surface area contributed by atoms with Crippen molar-refractivity contribution >= 4 is 40.7 Å². The number of rotatable bonds is 6. The molecule has 22 heavy (non-hydrogen) atoms. The Hall–Kier alpha value is -0.960. The van der Waals surface area contributed by atoms with E-state index in [1.165, 1.54) is 0 Å². The number of hydrogen-bond donors (Lipinski definition) is 0. The van der Waals surface area contributed by atoms with Crippen LogP contribution in [-0.4, -0.2) is 5.78 Å². The molecular formula is C18H16Cl2OS. The molecule has 1 fully saturated rings. The maximum Gasteiger partial charge on any atom is 0.137 e. The fourth-order valence-corrected chi connectivity index (χ4v) is 3.75. The van der Waals surface area contributed by atoms with Crippen molar-refractivity contribution in [2.24, 2.45) is 5.92 Å². The summed E-state index contributed by atoms with van der Waals surface area (Å²) in [6.45, 7) is 0. The van der Waals surface area contributed by atoms with Gasteiger partial charge in [0.2, 0.25) is 0 Å². The van der Waals surface area contributed by atoms with Crippen molar-refractivity contribution in [3.63, 3.8) is 0 Å². The summed E-state index contributed by atoms with van der Waals surface area (Å²) < 4.78 is 0. The largest absolute Gasteiger partial charge is 0.299 e. The third-order valence-corrected chi connectivity index (χ3v) is 5.52. The summed E-state index contributed by atoms with van der Waals surface area (Å²) in [5.74, 6) is 0.669. The van der Waals surface area contributed by atoms with Crippen LogP contribution in [0.25, 0.3) is 0 Å². The van der Waals surface area contributed by atoms with Gasteiger partial charge in [-0.05, 0) is 54.8 Å². The molecule has 1 unspecified atom stereocenters. The highest BCUT2D eigenvalue weighted by atomic mass is 35.5. The zero-order valence-electron chi connectivity index (χ0n) is 12.0. The Bertz CT molecular complexity index is 648. The van der Waals surface area contributed by atoms with Crippen LogP contribution >= 0.6 is 35.0 Å². The van der Waals surface area contributed by atoms with Crippen LogP contribution in [0.4, 0.5) is 0 Å². The van der Waals surface area contributed by atoms with Crippen molar-refractivity contribution < 1.29 is 4.79 Å². The summed E-state index contributed by atoms with van der Waals surface area (Å²) in [5.41, 5.74) is 1.14. The summed E-state index contributed by atoms with van der Waals surface area (Å²) in [5, 5.41) is 1.56. The van der Waals surface area contributed by atoms with Crippen molar-refractivity contribution in [3.8, 4) is 0 Å². The number of hydrogen-bond acceptors (Lipinski definition) is 2. The van der Waals surface area contributed by atoms with Gasteiger partial charge in [0.05, 0.1) is 0 Å². The van der Waals surface area contributed by atoms with Gasteiger partial charge in [0.15, 0.2) is 0 Å². The van der Waals surface area contributed by atoms with Gasteiger partial charge in [0, 0.05) is 32.5 Å². The maximum absolute atomic E-state index is 12.2. The molecule has 3 rings (SSSR count). The minimum Gasteiger partial charge on any atom is -0.299 e.